The van der Waals surface area contributed by atoms with Gasteiger partial charge < -0.3 is 14.8 Å². The second-order valence-electron chi connectivity index (χ2n) is 8.09. The van der Waals surface area contributed by atoms with Gasteiger partial charge in [-0.05, 0) is 49.9 Å². The van der Waals surface area contributed by atoms with Crippen molar-refractivity contribution in [1.29, 1.82) is 0 Å². The van der Waals surface area contributed by atoms with E-state index in [2.05, 4.69) is 5.32 Å². The van der Waals surface area contributed by atoms with Gasteiger partial charge in [0.25, 0.3) is 5.69 Å². The Morgan fingerprint density at radius 2 is 1.81 bits per heavy atom. The summed E-state index contributed by atoms with van der Waals surface area (Å²) in [5.41, 5.74) is 0.665. The minimum Gasteiger partial charge on any atom is -0.490 e. The summed E-state index contributed by atoms with van der Waals surface area (Å²) in [5.74, 6) is -0.351. The molecule has 1 aliphatic carbocycles. The largest absolute Gasteiger partial charge is 0.490 e. The van der Waals surface area contributed by atoms with Crippen molar-refractivity contribution in [3.05, 3.63) is 63.7 Å². The zero-order valence-electron chi connectivity index (χ0n) is 18.6. The second kappa shape index (κ2) is 9.80. The van der Waals surface area contributed by atoms with Crippen molar-refractivity contribution in [2.45, 2.75) is 57.5 Å². The molecule has 1 N–H and O–H groups in total. The molecule has 1 atom stereocenters. The number of anilines is 1. The van der Waals surface area contributed by atoms with Gasteiger partial charge in [0.15, 0.2) is 0 Å². The molecule has 32 heavy (non-hydrogen) atoms. The Labute approximate surface area is 187 Å². The number of hydrogen-bond donors (Lipinski definition) is 1. The van der Waals surface area contributed by atoms with E-state index in [0.29, 0.717) is 24.3 Å². The maximum absolute atomic E-state index is 13.4. The van der Waals surface area contributed by atoms with Crippen LogP contribution in [-0.4, -0.2) is 30.0 Å². The summed E-state index contributed by atoms with van der Waals surface area (Å²) in [6.07, 6.45) is 3.77. The quantitative estimate of drug-likeness (QED) is 0.351. The Morgan fingerprint density at radius 1 is 1.16 bits per heavy atom. The molecule has 8 nitrogen and oxygen atoms in total. The zero-order chi connectivity index (χ0) is 23.3. The smallest absolute Gasteiger partial charge is 0.341 e. The van der Waals surface area contributed by atoms with Crippen LogP contribution in [0.5, 0.6) is 5.75 Å². The van der Waals surface area contributed by atoms with Crippen LogP contribution in [0, 0.1) is 10.1 Å². The number of non-ortho nitro benzene ring substituents is 1. The van der Waals surface area contributed by atoms with Crippen LogP contribution in [0.2, 0.25) is 0 Å². The van der Waals surface area contributed by atoms with Gasteiger partial charge in [-0.15, -0.1) is 0 Å². The highest BCUT2D eigenvalue weighted by atomic mass is 16.6. The average molecular weight is 440 g/mol. The normalized spacial score (nSPS) is 15.6. The molecule has 1 aliphatic rings. The first-order chi connectivity index (χ1) is 15.3. The first kappa shape index (κ1) is 23.2. The molecule has 1 amide bonds. The standard InChI is InChI=1S/C24H28N2O6/c1-4-16(2)32-21-12-9-18(15-20(21)22(27)31-3)25-23(28)24(13-5-6-14-24)17-7-10-19(11-8-17)26(29)30/h7-12,15-16H,4-6,13-14H2,1-3H3,(H,25,28)/t16-/m0/s1. The Balaban J connectivity index is 1.89. The van der Waals surface area contributed by atoms with E-state index in [1.807, 2.05) is 13.8 Å². The highest BCUT2D eigenvalue weighted by molar-refractivity contribution is 6.01. The van der Waals surface area contributed by atoms with Crippen LogP contribution in [0.25, 0.3) is 0 Å². The average Bonchev–Trinajstić information content (AvgIpc) is 3.30. The van der Waals surface area contributed by atoms with E-state index in [-0.39, 0.29) is 23.3 Å². The van der Waals surface area contributed by atoms with Gasteiger partial charge in [0, 0.05) is 17.8 Å². The van der Waals surface area contributed by atoms with Crippen molar-refractivity contribution in [2.75, 3.05) is 12.4 Å². The Hall–Kier alpha value is -3.42. The third-order valence-electron chi connectivity index (χ3n) is 6.07. The van der Waals surface area contributed by atoms with Crippen LogP contribution in [0.15, 0.2) is 42.5 Å². The minimum absolute atomic E-state index is 0.0121. The van der Waals surface area contributed by atoms with Crippen molar-refractivity contribution in [3.63, 3.8) is 0 Å². The van der Waals surface area contributed by atoms with Crippen LogP contribution in [0.3, 0.4) is 0 Å². The van der Waals surface area contributed by atoms with E-state index in [0.717, 1.165) is 24.8 Å². The number of nitrogens with zero attached hydrogens (tertiary/aromatic N) is 1. The number of amides is 1. The Bertz CT molecular complexity index is 996. The SMILES string of the molecule is CC[C@H](C)Oc1ccc(NC(=O)C2(c3ccc([N+](=O)[O-])cc3)CCCC2)cc1C(=O)OC. The predicted molar refractivity (Wildman–Crippen MR) is 120 cm³/mol. The van der Waals surface area contributed by atoms with Gasteiger partial charge in [0.1, 0.15) is 11.3 Å². The molecule has 8 heteroatoms. The van der Waals surface area contributed by atoms with Gasteiger partial charge in [0.05, 0.1) is 23.6 Å². The maximum Gasteiger partial charge on any atom is 0.341 e. The summed E-state index contributed by atoms with van der Waals surface area (Å²) in [7, 11) is 1.29. The van der Waals surface area contributed by atoms with E-state index in [4.69, 9.17) is 9.47 Å². The maximum atomic E-state index is 13.4. The molecule has 0 unspecified atom stereocenters. The molecule has 2 aromatic carbocycles. The van der Waals surface area contributed by atoms with Crippen LogP contribution in [-0.2, 0) is 14.9 Å². The topological polar surface area (TPSA) is 108 Å². The zero-order valence-corrected chi connectivity index (χ0v) is 18.6. The molecule has 3 rings (SSSR count). The fourth-order valence-corrected chi connectivity index (χ4v) is 4.06. The Morgan fingerprint density at radius 3 is 2.38 bits per heavy atom. The van der Waals surface area contributed by atoms with Gasteiger partial charge in [-0.1, -0.05) is 31.9 Å². The number of methoxy groups -OCH3 is 1. The van der Waals surface area contributed by atoms with Gasteiger partial charge in [0.2, 0.25) is 5.91 Å². The first-order valence-corrected chi connectivity index (χ1v) is 10.8. The number of nitro groups is 1. The molecule has 0 heterocycles. The molecule has 170 valence electrons. The van der Waals surface area contributed by atoms with Crippen molar-refractivity contribution < 1.29 is 24.0 Å². The lowest BCUT2D eigenvalue weighted by Crippen LogP contribution is -2.38. The summed E-state index contributed by atoms with van der Waals surface area (Å²) < 4.78 is 10.7. The number of rotatable bonds is 8. The minimum atomic E-state index is -0.771. The van der Waals surface area contributed by atoms with Crippen molar-refractivity contribution in [3.8, 4) is 5.75 Å². The van der Waals surface area contributed by atoms with E-state index >= 15 is 0 Å². The lowest BCUT2D eigenvalue weighted by Gasteiger charge is -2.28. The summed E-state index contributed by atoms with van der Waals surface area (Å²) in [6.45, 7) is 3.89. The van der Waals surface area contributed by atoms with E-state index in [1.54, 1.807) is 30.3 Å². The molecule has 0 aromatic heterocycles. The summed E-state index contributed by atoms with van der Waals surface area (Å²) in [4.78, 5) is 36.3. The van der Waals surface area contributed by atoms with Crippen molar-refractivity contribution in [2.24, 2.45) is 0 Å². The molecule has 0 saturated heterocycles. The first-order valence-electron chi connectivity index (χ1n) is 10.8. The van der Waals surface area contributed by atoms with Crippen molar-refractivity contribution in [1.82, 2.24) is 0 Å². The number of ether oxygens (including phenoxy) is 2. The van der Waals surface area contributed by atoms with Gasteiger partial charge in [-0.2, -0.15) is 0 Å². The highest BCUT2D eigenvalue weighted by Gasteiger charge is 2.43. The van der Waals surface area contributed by atoms with Crippen molar-refractivity contribution >= 4 is 23.3 Å². The Kier molecular flexibility index (Phi) is 7.12. The van der Waals surface area contributed by atoms with Gasteiger partial charge >= 0.3 is 5.97 Å². The number of esters is 1. The van der Waals surface area contributed by atoms with Crippen LogP contribution in [0.1, 0.15) is 61.9 Å². The predicted octanol–water partition coefficient (Wildman–Crippen LogP) is 5.01. The van der Waals surface area contributed by atoms with Crippen LogP contribution in [0.4, 0.5) is 11.4 Å². The highest BCUT2D eigenvalue weighted by Crippen LogP contribution is 2.42. The third kappa shape index (κ3) is 4.74. The van der Waals surface area contributed by atoms with Gasteiger partial charge in [-0.25, -0.2) is 4.79 Å². The molecule has 0 aliphatic heterocycles. The lowest BCUT2D eigenvalue weighted by molar-refractivity contribution is -0.384. The van der Waals surface area contributed by atoms with E-state index < -0.39 is 16.3 Å². The molecule has 0 bridgehead atoms. The number of benzene rings is 2. The number of carbonyl (C=O) groups is 2. The van der Waals surface area contributed by atoms with Gasteiger partial charge in [-0.3, -0.25) is 14.9 Å². The fraction of sp³-hybridized carbons (Fsp3) is 0.417. The van der Waals surface area contributed by atoms with E-state index in [9.17, 15) is 19.7 Å². The molecule has 0 spiro atoms. The third-order valence-corrected chi connectivity index (χ3v) is 6.07. The molecular weight excluding hydrogens is 412 g/mol. The summed E-state index contributed by atoms with van der Waals surface area (Å²) in [6, 6.07) is 11.1. The molecular formula is C24H28N2O6. The number of nitro benzene ring substituents is 1. The van der Waals surface area contributed by atoms with Crippen LogP contribution >= 0.6 is 0 Å². The van der Waals surface area contributed by atoms with E-state index in [1.165, 1.54) is 19.2 Å². The number of hydrogen-bond acceptors (Lipinski definition) is 6. The number of nitrogens with one attached hydrogen (secondary N) is 1. The monoisotopic (exact) mass is 440 g/mol. The summed E-state index contributed by atoms with van der Waals surface area (Å²) >= 11 is 0. The molecule has 2 aromatic rings. The summed E-state index contributed by atoms with van der Waals surface area (Å²) in [5, 5.41) is 13.9. The lowest BCUT2D eigenvalue weighted by atomic mass is 9.78. The molecule has 1 fully saturated rings. The molecule has 1 saturated carbocycles. The fourth-order valence-electron chi connectivity index (χ4n) is 4.06. The second-order valence-corrected chi connectivity index (χ2v) is 8.09. The van der Waals surface area contributed by atoms with Crippen LogP contribution < -0.4 is 10.1 Å². The molecule has 0 radical (unpaired) electrons. The number of carbonyl (C=O) groups excluding carboxylic acids is 2.